The molecule has 1 saturated heterocycles. The summed E-state index contributed by atoms with van der Waals surface area (Å²) in [5, 5.41) is 14.1. The summed E-state index contributed by atoms with van der Waals surface area (Å²) in [7, 11) is 0. The van der Waals surface area contributed by atoms with Crippen molar-refractivity contribution >= 4 is 41.6 Å². The molecule has 0 saturated carbocycles. The number of esters is 1. The molecule has 0 atom stereocenters. The first-order valence-electron chi connectivity index (χ1n) is 9.48. The van der Waals surface area contributed by atoms with Crippen molar-refractivity contribution in [3.8, 4) is 0 Å². The lowest BCUT2D eigenvalue weighted by molar-refractivity contribution is -0.384. The van der Waals surface area contributed by atoms with Crippen LogP contribution in [0.15, 0.2) is 41.4 Å². The molecule has 0 radical (unpaired) electrons. The average molecular weight is 516 g/mol. The summed E-state index contributed by atoms with van der Waals surface area (Å²) in [6.45, 7) is 10.5. The minimum atomic E-state index is -0.416. The maximum atomic E-state index is 11.9. The van der Waals surface area contributed by atoms with E-state index in [0.717, 1.165) is 29.9 Å². The maximum absolute atomic E-state index is 11.9. The van der Waals surface area contributed by atoms with Crippen LogP contribution in [0, 0.1) is 16.0 Å². The number of benzene rings is 1. The Morgan fingerprint density at radius 1 is 1.34 bits per heavy atom. The number of carbonyl (C=O) groups excluding carboxylic acids is 1. The van der Waals surface area contributed by atoms with Crippen molar-refractivity contribution in [2.75, 3.05) is 26.2 Å². The number of hydrogen-bond acceptors (Lipinski definition) is 5. The predicted octanol–water partition coefficient (Wildman–Crippen LogP) is 3.51. The van der Waals surface area contributed by atoms with Gasteiger partial charge in [0.2, 0.25) is 0 Å². The van der Waals surface area contributed by atoms with Crippen molar-refractivity contribution in [3.63, 3.8) is 0 Å². The summed E-state index contributed by atoms with van der Waals surface area (Å²) < 4.78 is 5.12. The molecule has 1 aromatic carbocycles. The van der Waals surface area contributed by atoms with E-state index in [0.29, 0.717) is 32.8 Å². The topological polar surface area (TPSA) is 97.1 Å². The molecular weight excluding hydrogens is 487 g/mol. The van der Waals surface area contributed by atoms with E-state index < -0.39 is 4.92 Å². The van der Waals surface area contributed by atoms with E-state index in [4.69, 9.17) is 4.74 Å². The van der Waals surface area contributed by atoms with E-state index in [-0.39, 0.29) is 41.6 Å². The van der Waals surface area contributed by atoms with Gasteiger partial charge in [0.15, 0.2) is 5.96 Å². The van der Waals surface area contributed by atoms with Crippen LogP contribution in [-0.2, 0) is 16.1 Å². The molecule has 2 rings (SSSR count). The Balaban J connectivity index is 0.00000420. The third-order valence-corrected chi connectivity index (χ3v) is 4.52. The van der Waals surface area contributed by atoms with Gasteiger partial charge in [-0.3, -0.25) is 14.9 Å². The predicted molar refractivity (Wildman–Crippen MR) is 123 cm³/mol. The van der Waals surface area contributed by atoms with Crippen LogP contribution >= 0.6 is 24.0 Å². The largest absolute Gasteiger partial charge is 0.466 e. The Bertz CT molecular complexity index is 729. The van der Waals surface area contributed by atoms with Gasteiger partial charge in [-0.1, -0.05) is 24.3 Å². The quantitative estimate of drug-likeness (QED) is 0.113. The van der Waals surface area contributed by atoms with Crippen LogP contribution in [0.3, 0.4) is 0 Å². The van der Waals surface area contributed by atoms with Crippen molar-refractivity contribution in [2.24, 2.45) is 10.9 Å². The Morgan fingerprint density at radius 3 is 2.48 bits per heavy atom. The third-order valence-electron chi connectivity index (χ3n) is 4.52. The van der Waals surface area contributed by atoms with Gasteiger partial charge in [-0.2, -0.15) is 0 Å². The third kappa shape index (κ3) is 8.00. The molecule has 1 N–H and O–H groups in total. The molecule has 1 aromatic rings. The van der Waals surface area contributed by atoms with E-state index in [1.807, 2.05) is 13.8 Å². The number of hydrogen-bond donors (Lipinski definition) is 1. The Morgan fingerprint density at radius 2 is 1.97 bits per heavy atom. The Hall–Kier alpha value is -2.17. The first-order valence-corrected chi connectivity index (χ1v) is 9.48. The molecule has 1 heterocycles. The number of rotatable bonds is 7. The van der Waals surface area contributed by atoms with Gasteiger partial charge in [-0.15, -0.1) is 24.0 Å². The highest BCUT2D eigenvalue weighted by molar-refractivity contribution is 14.0. The molecule has 8 nitrogen and oxygen atoms in total. The van der Waals surface area contributed by atoms with Gasteiger partial charge in [-0.25, -0.2) is 4.99 Å². The number of aliphatic imine (C=N–C) groups is 1. The minimum Gasteiger partial charge on any atom is -0.466 e. The molecule has 0 amide bonds. The molecule has 0 aromatic heterocycles. The number of non-ortho nitro benzene ring substituents is 1. The van der Waals surface area contributed by atoms with Gasteiger partial charge in [0.1, 0.15) is 0 Å². The zero-order valence-electron chi connectivity index (χ0n) is 16.9. The van der Waals surface area contributed by atoms with Crippen LogP contribution in [0.25, 0.3) is 0 Å². The van der Waals surface area contributed by atoms with Gasteiger partial charge in [0.25, 0.3) is 5.69 Å². The number of nitro benzene ring substituents is 1. The lowest BCUT2D eigenvalue weighted by Gasteiger charge is -2.33. The van der Waals surface area contributed by atoms with Crippen LogP contribution < -0.4 is 5.32 Å². The second kappa shape index (κ2) is 12.4. The number of halogens is 1. The zero-order chi connectivity index (χ0) is 20.5. The van der Waals surface area contributed by atoms with Crippen molar-refractivity contribution in [1.82, 2.24) is 10.2 Å². The fourth-order valence-corrected chi connectivity index (χ4v) is 2.97. The molecule has 160 valence electrons. The van der Waals surface area contributed by atoms with Gasteiger partial charge in [0.05, 0.1) is 24.0 Å². The Labute approximate surface area is 188 Å². The van der Waals surface area contributed by atoms with E-state index in [9.17, 15) is 14.9 Å². The van der Waals surface area contributed by atoms with Gasteiger partial charge in [-0.05, 0) is 32.3 Å². The van der Waals surface area contributed by atoms with E-state index in [1.165, 1.54) is 12.1 Å². The second-order valence-corrected chi connectivity index (χ2v) is 6.89. The van der Waals surface area contributed by atoms with Crippen LogP contribution in [0.1, 0.15) is 32.3 Å². The lowest BCUT2D eigenvalue weighted by atomic mass is 9.97. The van der Waals surface area contributed by atoms with Crippen LogP contribution in [-0.4, -0.2) is 48.0 Å². The van der Waals surface area contributed by atoms with Crippen molar-refractivity contribution in [1.29, 1.82) is 0 Å². The molecule has 1 fully saturated rings. The molecule has 29 heavy (non-hydrogen) atoms. The molecular formula is C20H29IN4O4. The normalized spacial score (nSPS) is 14.7. The first-order chi connectivity index (χ1) is 13.4. The SMILES string of the molecule is C=C(C)CNC(=NCc1ccc([N+](=O)[O-])cc1)N1CCC(C(=O)OCC)CC1.I. The van der Waals surface area contributed by atoms with Crippen molar-refractivity contribution in [3.05, 3.63) is 52.1 Å². The van der Waals surface area contributed by atoms with Gasteiger partial charge >= 0.3 is 5.97 Å². The van der Waals surface area contributed by atoms with E-state index >= 15 is 0 Å². The minimum absolute atomic E-state index is 0. The van der Waals surface area contributed by atoms with E-state index in [1.54, 1.807) is 12.1 Å². The van der Waals surface area contributed by atoms with Gasteiger partial charge in [0, 0.05) is 31.8 Å². The smallest absolute Gasteiger partial charge is 0.309 e. The van der Waals surface area contributed by atoms with Crippen molar-refractivity contribution < 1.29 is 14.5 Å². The monoisotopic (exact) mass is 516 g/mol. The number of piperidine rings is 1. The fraction of sp³-hybridized carbons (Fsp3) is 0.500. The number of ether oxygens (including phenoxy) is 1. The summed E-state index contributed by atoms with van der Waals surface area (Å²) in [6, 6.07) is 6.39. The number of carbonyl (C=O) groups is 1. The zero-order valence-corrected chi connectivity index (χ0v) is 19.3. The number of guanidine groups is 1. The maximum Gasteiger partial charge on any atom is 0.309 e. The Kier molecular flexibility index (Phi) is 10.6. The first kappa shape index (κ1) is 24.9. The summed E-state index contributed by atoms with van der Waals surface area (Å²) in [5.74, 6) is 0.568. The van der Waals surface area contributed by atoms with E-state index in [2.05, 4.69) is 21.8 Å². The highest BCUT2D eigenvalue weighted by Crippen LogP contribution is 2.19. The summed E-state index contributed by atoms with van der Waals surface area (Å²) >= 11 is 0. The highest BCUT2D eigenvalue weighted by atomic mass is 127. The standard InChI is InChI=1S/C20H28N4O4.HI/c1-4-28-19(25)17-9-11-23(12-10-17)20(21-13-15(2)3)22-14-16-5-7-18(8-6-16)24(26)27;/h5-8,17H,2,4,9-14H2,1,3H3,(H,21,22);1H. The second-order valence-electron chi connectivity index (χ2n) is 6.89. The molecule has 0 unspecified atom stereocenters. The number of nitrogens with one attached hydrogen (secondary N) is 1. The lowest BCUT2D eigenvalue weighted by Crippen LogP contribution is -2.47. The fourth-order valence-electron chi connectivity index (χ4n) is 2.97. The molecule has 0 bridgehead atoms. The van der Waals surface area contributed by atoms with Crippen LogP contribution in [0.2, 0.25) is 0 Å². The number of likely N-dealkylation sites (tertiary alicyclic amines) is 1. The van der Waals surface area contributed by atoms with Gasteiger partial charge < -0.3 is 15.0 Å². The summed E-state index contributed by atoms with van der Waals surface area (Å²) in [5.41, 5.74) is 1.94. The molecule has 9 heteroatoms. The average Bonchev–Trinajstić information content (AvgIpc) is 2.68. The van der Waals surface area contributed by atoms with Crippen LogP contribution in [0.4, 0.5) is 5.69 Å². The molecule has 1 aliphatic heterocycles. The number of nitrogens with zero attached hydrogens (tertiary/aromatic N) is 3. The highest BCUT2D eigenvalue weighted by Gasteiger charge is 2.27. The molecule has 0 aliphatic carbocycles. The summed E-state index contributed by atoms with van der Waals surface area (Å²) in [6.07, 6.45) is 1.45. The summed E-state index contributed by atoms with van der Waals surface area (Å²) in [4.78, 5) is 29.1. The molecule has 1 aliphatic rings. The molecule has 0 spiro atoms. The van der Waals surface area contributed by atoms with Crippen molar-refractivity contribution in [2.45, 2.75) is 33.2 Å². The number of nitro groups is 1. The van der Waals surface area contributed by atoms with Crippen LogP contribution in [0.5, 0.6) is 0 Å².